The second-order valence-corrected chi connectivity index (χ2v) is 8.64. The van der Waals surface area contributed by atoms with Crippen LogP contribution in [0, 0.1) is 6.92 Å². The van der Waals surface area contributed by atoms with Gasteiger partial charge in [0.1, 0.15) is 18.5 Å². The number of halogens is 1. The van der Waals surface area contributed by atoms with Crippen LogP contribution in [0.1, 0.15) is 30.9 Å². The van der Waals surface area contributed by atoms with Crippen molar-refractivity contribution in [2.75, 3.05) is 44.2 Å². The van der Waals surface area contributed by atoms with E-state index in [4.69, 9.17) is 16.3 Å². The van der Waals surface area contributed by atoms with Crippen molar-refractivity contribution in [1.82, 2.24) is 9.88 Å². The third-order valence-electron chi connectivity index (χ3n) is 4.88. The molecule has 7 heteroatoms. The van der Waals surface area contributed by atoms with Crippen LogP contribution in [0.3, 0.4) is 0 Å². The van der Waals surface area contributed by atoms with E-state index in [1.165, 1.54) is 0 Å². The molecule has 1 atom stereocenters. The molecule has 1 unspecified atom stereocenters. The summed E-state index contributed by atoms with van der Waals surface area (Å²) < 4.78 is 5.96. The van der Waals surface area contributed by atoms with E-state index in [0.29, 0.717) is 12.5 Å². The maximum Gasteiger partial charge on any atom is 0.185 e. The highest BCUT2D eigenvalue weighted by atomic mass is 35.5. The van der Waals surface area contributed by atoms with Crippen LogP contribution < -0.4 is 9.64 Å². The van der Waals surface area contributed by atoms with Gasteiger partial charge in [0.2, 0.25) is 0 Å². The fourth-order valence-electron chi connectivity index (χ4n) is 3.28. The van der Waals surface area contributed by atoms with Crippen LogP contribution in [0.25, 0.3) is 0 Å². The molecular formula is C20H28ClN3O2S. The van der Waals surface area contributed by atoms with Gasteiger partial charge in [-0.3, -0.25) is 4.90 Å². The molecule has 2 aromatic rings. The molecule has 27 heavy (non-hydrogen) atoms. The van der Waals surface area contributed by atoms with Crippen molar-refractivity contribution in [3.63, 3.8) is 0 Å². The summed E-state index contributed by atoms with van der Waals surface area (Å²) in [7, 11) is 0. The molecule has 1 fully saturated rings. The number of ether oxygens (including phenoxy) is 1. The molecule has 0 radical (unpaired) electrons. The number of thiazole rings is 1. The molecule has 1 aromatic carbocycles. The summed E-state index contributed by atoms with van der Waals surface area (Å²) in [5.41, 5.74) is 2.07. The minimum Gasteiger partial charge on any atom is -0.491 e. The van der Waals surface area contributed by atoms with E-state index in [0.717, 1.165) is 53.2 Å². The average Bonchev–Trinajstić information content (AvgIpc) is 3.17. The number of aromatic nitrogens is 1. The van der Waals surface area contributed by atoms with E-state index >= 15 is 0 Å². The van der Waals surface area contributed by atoms with Gasteiger partial charge in [0.15, 0.2) is 5.13 Å². The Labute approximate surface area is 170 Å². The van der Waals surface area contributed by atoms with E-state index in [9.17, 15) is 5.11 Å². The van der Waals surface area contributed by atoms with Gasteiger partial charge in [0, 0.05) is 49.3 Å². The molecule has 1 N–H and O–H groups in total. The number of nitrogens with zero attached hydrogens (tertiary/aromatic N) is 3. The van der Waals surface area contributed by atoms with Crippen LogP contribution in [-0.2, 0) is 0 Å². The SMILES string of the molecule is Cc1cc(OCC(O)CN2CCN(c3nccs3)CC2)c(C(C)C)cc1Cl. The first-order valence-electron chi connectivity index (χ1n) is 9.41. The molecule has 1 aliphatic heterocycles. The number of anilines is 1. The Morgan fingerprint density at radius 2 is 2.00 bits per heavy atom. The van der Waals surface area contributed by atoms with Crippen molar-refractivity contribution in [2.24, 2.45) is 0 Å². The van der Waals surface area contributed by atoms with E-state index in [1.807, 2.05) is 30.6 Å². The lowest BCUT2D eigenvalue weighted by atomic mass is 10.0. The zero-order chi connectivity index (χ0) is 19.4. The zero-order valence-electron chi connectivity index (χ0n) is 16.2. The lowest BCUT2D eigenvalue weighted by Gasteiger charge is -2.35. The number of β-amino-alcohol motifs (C(OH)–C–C–N with tert-alkyl or cyclic N) is 1. The molecule has 148 valence electrons. The Hall–Kier alpha value is -1.34. The summed E-state index contributed by atoms with van der Waals surface area (Å²) in [5, 5.41) is 14.3. The highest BCUT2D eigenvalue weighted by molar-refractivity contribution is 7.13. The van der Waals surface area contributed by atoms with Crippen molar-refractivity contribution in [1.29, 1.82) is 0 Å². The molecule has 1 aliphatic rings. The van der Waals surface area contributed by atoms with Crippen LogP contribution in [0.4, 0.5) is 5.13 Å². The molecule has 1 aromatic heterocycles. The first kappa shape index (κ1) is 20.4. The quantitative estimate of drug-likeness (QED) is 0.753. The van der Waals surface area contributed by atoms with Crippen LogP contribution in [0.5, 0.6) is 5.75 Å². The third-order valence-corrected chi connectivity index (χ3v) is 6.11. The number of piperazine rings is 1. The summed E-state index contributed by atoms with van der Waals surface area (Å²) in [6.07, 6.45) is 1.32. The Morgan fingerprint density at radius 1 is 1.26 bits per heavy atom. The van der Waals surface area contributed by atoms with Gasteiger partial charge < -0.3 is 14.7 Å². The topological polar surface area (TPSA) is 48.8 Å². The molecular weight excluding hydrogens is 382 g/mol. The second kappa shape index (κ2) is 9.24. The van der Waals surface area contributed by atoms with E-state index in [2.05, 4.69) is 28.6 Å². The Bertz CT molecular complexity index is 731. The van der Waals surface area contributed by atoms with Crippen LogP contribution in [0.15, 0.2) is 23.7 Å². The van der Waals surface area contributed by atoms with Crippen LogP contribution in [0.2, 0.25) is 5.02 Å². The van der Waals surface area contributed by atoms with Gasteiger partial charge >= 0.3 is 0 Å². The normalized spacial score (nSPS) is 16.7. The van der Waals surface area contributed by atoms with E-state index in [1.54, 1.807) is 11.3 Å². The molecule has 0 aliphatic carbocycles. The molecule has 1 saturated heterocycles. The number of aliphatic hydroxyl groups is 1. The molecule has 0 amide bonds. The van der Waals surface area contributed by atoms with Crippen LogP contribution >= 0.6 is 22.9 Å². The monoisotopic (exact) mass is 409 g/mol. The zero-order valence-corrected chi connectivity index (χ0v) is 17.8. The second-order valence-electron chi connectivity index (χ2n) is 7.36. The fourth-order valence-corrected chi connectivity index (χ4v) is 4.15. The molecule has 0 bridgehead atoms. The van der Waals surface area contributed by atoms with E-state index in [-0.39, 0.29) is 6.61 Å². The third kappa shape index (κ3) is 5.35. The van der Waals surface area contributed by atoms with Gasteiger partial charge in [-0.1, -0.05) is 25.4 Å². The van der Waals surface area contributed by atoms with Crippen molar-refractivity contribution < 1.29 is 9.84 Å². The number of aryl methyl sites for hydroxylation is 1. The Kier molecular flexibility index (Phi) is 6.98. The average molecular weight is 410 g/mol. The smallest absolute Gasteiger partial charge is 0.185 e. The Morgan fingerprint density at radius 3 is 2.63 bits per heavy atom. The molecule has 5 nitrogen and oxygen atoms in total. The van der Waals surface area contributed by atoms with Crippen molar-refractivity contribution in [3.8, 4) is 5.75 Å². The van der Waals surface area contributed by atoms with Crippen molar-refractivity contribution in [2.45, 2.75) is 32.8 Å². The lowest BCUT2D eigenvalue weighted by Crippen LogP contribution is -2.49. The number of hydrogen-bond donors (Lipinski definition) is 1. The fraction of sp³-hybridized carbons (Fsp3) is 0.550. The summed E-state index contributed by atoms with van der Waals surface area (Å²) in [6, 6.07) is 3.94. The van der Waals surface area contributed by atoms with Gasteiger partial charge in [0.25, 0.3) is 0 Å². The maximum absolute atomic E-state index is 10.4. The summed E-state index contributed by atoms with van der Waals surface area (Å²) in [5.74, 6) is 1.13. The minimum atomic E-state index is -0.521. The van der Waals surface area contributed by atoms with Crippen LogP contribution in [-0.4, -0.2) is 60.4 Å². The van der Waals surface area contributed by atoms with Crippen molar-refractivity contribution >= 4 is 28.1 Å². The highest BCUT2D eigenvalue weighted by Crippen LogP contribution is 2.32. The highest BCUT2D eigenvalue weighted by Gasteiger charge is 2.21. The summed E-state index contributed by atoms with van der Waals surface area (Å²) in [6.45, 7) is 10.8. The van der Waals surface area contributed by atoms with Crippen molar-refractivity contribution in [3.05, 3.63) is 39.9 Å². The van der Waals surface area contributed by atoms with Gasteiger partial charge in [-0.2, -0.15) is 0 Å². The largest absolute Gasteiger partial charge is 0.491 e. The van der Waals surface area contributed by atoms with E-state index < -0.39 is 6.10 Å². The number of rotatable bonds is 7. The summed E-state index contributed by atoms with van der Waals surface area (Å²) in [4.78, 5) is 8.96. The number of aliphatic hydroxyl groups excluding tert-OH is 1. The molecule has 0 saturated carbocycles. The molecule has 0 spiro atoms. The van der Waals surface area contributed by atoms with Gasteiger partial charge in [-0.05, 0) is 36.1 Å². The number of benzene rings is 1. The van der Waals surface area contributed by atoms with Gasteiger partial charge in [-0.25, -0.2) is 4.98 Å². The Balaban J connectivity index is 1.49. The molecule has 3 rings (SSSR count). The number of hydrogen-bond acceptors (Lipinski definition) is 6. The summed E-state index contributed by atoms with van der Waals surface area (Å²) >= 11 is 7.92. The molecule has 2 heterocycles. The lowest BCUT2D eigenvalue weighted by molar-refractivity contribution is 0.0659. The standard InChI is InChI=1S/C20H28ClN3O2S/c1-14(2)17-11-18(21)15(3)10-19(17)26-13-16(25)12-23-5-7-24(8-6-23)20-22-4-9-27-20/h4,9-11,14,16,25H,5-8,12-13H2,1-3H3. The first-order valence-corrected chi connectivity index (χ1v) is 10.7. The first-order chi connectivity index (χ1) is 12.9. The van der Waals surface area contributed by atoms with Gasteiger partial charge in [0.05, 0.1) is 0 Å². The predicted molar refractivity (Wildman–Crippen MR) is 113 cm³/mol. The van der Waals surface area contributed by atoms with Gasteiger partial charge in [-0.15, -0.1) is 11.3 Å². The minimum absolute atomic E-state index is 0.285. The maximum atomic E-state index is 10.4. The predicted octanol–water partition coefficient (Wildman–Crippen LogP) is 3.79.